The van der Waals surface area contributed by atoms with Gasteiger partial charge in [0, 0.05) is 18.2 Å². The van der Waals surface area contributed by atoms with Crippen molar-refractivity contribution in [2.45, 2.75) is 62.5 Å². The molecule has 1 aliphatic carbocycles. The quantitative estimate of drug-likeness (QED) is 0.680. The zero-order valence-corrected chi connectivity index (χ0v) is 16.4. The summed E-state index contributed by atoms with van der Waals surface area (Å²) in [6.45, 7) is 4.92. The number of carbonyl (C=O) groups excluding carboxylic acids is 1. The number of unbranched alkanes of at least 4 members (excludes halogenated alkanes) is 1. The Labute approximate surface area is 158 Å². The van der Waals surface area contributed by atoms with Gasteiger partial charge in [0.05, 0.1) is 12.4 Å². The van der Waals surface area contributed by atoms with Crippen molar-refractivity contribution in [3.05, 3.63) is 24.3 Å². The summed E-state index contributed by atoms with van der Waals surface area (Å²) >= 11 is 1.47. The maximum absolute atomic E-state index is 12.3. The Balaban J connectivity index is 1.79. The van der Waals surface area contributed by atoms with E-state index in [4.69, 9.17) is 4.74 Å². The maximum atomic E-state index is 12.3. The molecule has 1 aromatic carbocycles. The summed E-state index contributed by atoms with van der Waals surface area (Å²) in [5.74, 6) is 1.72. The van der Waals surface area contributed by atoms with Gasteiger partial charge < -0.3 is 14.6 Å². The Morgan fingerprint density at radius 2 is 2.08 bits per heavy atom. The average molecular weight is 375 g/mol. The molecule has 7 heteroatoms. The van der Waals surface area contributed by atoms with Crippen LogP contribution in [0.2, 0.25) is 0 Å². The van der Waals surface area contributed by atoms with Gasteiger partial charge in [0.1, 0.15) is 5.75 Å². The molecular formula is C19H26N4O2S. The minimum Gasteiger partial charge on any atom is -0.497 e. The number of benzene rings is 1. The second-order valence-corrected chi connectivity index (χ2v) is 7.89. The zero-order valence-electron chi connectivity index (χ0n) is 15.6. The molecule has 0 aliphatic heterocycles. The monoisotopic (exact) mass is 374 g/mol. The Kier molecular flexibility index (Phi) is 6.19. The van der Waals surface area contributed by atoms with Gasteiger partial charge in [-0.05, 0) is 50.5 Å². The lowest BCUT2D eigenvalue weighted by Gasteiger charge is -2.13. The molecular weight excluding hydrogens is 348 g/mol. The van der Waals surface area contributed by atoms with Crippen LogP contribution in [0.5, 0.6) is 5.75 Å². The van der Waals surface area contributed by atoms with Crippen LogP contribution in [0.25, 0.3) is 11.4 Å². The fourth-order valence-corrected chi connectivity index (χ4v) is 3.49. The van der Waals surface area contributed by atoms with Crippen LogP contribution in [0.4, 0.5) is 0 Å². The van der Waals surface area contributed by atoms with E-state index in [1.54, 1.807) is 7.11 Å². The van der Waals surface area contributed by atoms with Crippen LogP contribution in [0, 0.1) is 0 Å². The summed E-state index contributed by atoms with van der Waals surface area (Å²) in [7, 11) is 1.65. The standard InChI is InChI=1S/C19H26N4O2S/c1-4-5-12-23-17(14-6-10-16(25-3)11-7-14)21-22-19(23)26-13(2)18(24)20-15-8-9-15/h6-7,10-11,13,15H,4-5,8-9,12H2,1-3H3,(H,20,24). The van der Waals surface area contributed by atoms with E-state index in [2.05, 4.69) is 27.0 Å². The summed E-state index contributed by atoms with van der Waals surface area (Å²) < 4.78 is 7.35. The number of nitrogens with zero attached hydrogens (tertiary/aromatic N) is 3. The van der Waals surface area contributed by atoms with Crippen molar-refractivity contribution in [3.8, 4) is 17.1 Å². The van der Waals surface area contributed by atoms with Gasteiger partial charge in [-0.25, -0.2) is 0 Å². The van der Waals surface area contributed by atoms with Crippen molar-refractivity contribution in [2.75, 3.05) is 7.11 Å². The molecule has 1 heterocycles. The van der Waals surface area contributed by atoms with Crippen molar-refractivity contribution in [2.24, 2.45) is 0 Å². The number of hydrogen-bond donors (Lipinski definition) is 1. The van der Waals surface area contributed by atoms with Gasteiger partial charge in [0.15, 0.2) is 11.0 Å². The van der Waals surface area contributed by atoms with Gasteiger partial charge in [0.2, 0.25) is 5.91 Å². The molecule has 3 rings (SSSR count). The van der Waals surface area contributed by atoms with Crippen LogP contribution in [0.1, 0.15) is 39.5 Å². The van der Waals surface area contributed by atoms with Crippen molar-refractivity contribution < 1.29 is 9.53 Å². The third-order valence-corrected chi connectivity index (χ3v) is 5.46. The third kappa shape index (κ3) is 4.58. The van der Waals surface area contributed by atoms with E-state index < -0.39 is 0 Å². The highest BCUT2D eigenvalue weighted by atomic mass is 32.2. The Morgan fingerprint density at radius 1 is 1.35 bits per heavy atom. The predicted octanol–water partition coefficient (Wildman–Crippen LogP) is 3.51. The molecule has 0 radical (unpaired) electrons. The van der Waals surface area contributed by atoms with E-state index in [-0.39, 0.29) is 11.2 Å². The summed E-state index contributed by atoms with van der Waals surface area (Å²) in [6, 6.07) is 8.20. The molecule has 1 aromatic heterocycles. The largest absolute Gasteiger partial charge is 0.497 e. The molecule has 26 heavy (non-hydrogen) atoms. The molecule has 1 atom stereocenters. The van der Waals surface area contributed by atoms with E-state index in [0.717, 1.165) is 54.5 Å². The second-order valence-electron chi connectivity index (χ2n) is 6.58. The number of ether oxygens (including phenoxy) is 1. The molecule has 140 valence electrons. The summed E-state index contributed by atoms with van der Waals surface area (Å²) in [5, 5.41) is 12.4. The number of methoxy groups -OCH3 is 1. The molecule has 1 amide bonds. The van der Waals surface area contributed by atoms with E-state index in [1.807, 2.05) is 31.2 Å². The summed E-state index contributed by atoms with van der Waals surface area (Å²) in [4.78, 5) is 12.3. The van der Waals surface area contributed by atoms with Crippen molar-refractivity contribution in [1.29, 1.82) is 0 Å². The Hall–Kier alpha value is -2.02. The lowest BCUT2D eigenvalue weighted by atomic mass is 10.2. The number of amides is 1. The van der Waals surface area contributed by atoms with Crippen molar-refractivity contribution >= 4 is 17.7 Å². The SMILES string of the molecule is CCCCn1c(SC(C)C(=O)NC2CC2)nnc1-c1ccc(OC)cc1. The Morgan fingerprint density at radius 3 is 2.69 bits per heavy atom. The smallest absolute Gasteiger partial charge is 0.233 e. The first-order chi connectivity index (χ1) is 12.6. The number of aromatic nitrogens is 3. The first-order valence-corrected chi connectivity index (χ1v) is 10.0. The fraction of sp³-hybridized carbons (Fsp3) is 0.526. The molecule has 0 spiro atoms. The zero-order chi connectivity index (χ0) is 18.5. The van der Waals surface area contributed by atoms with E-state index in [0.29, 0.717) is 6.04 Å². The third-order valence-electron chi connectivity index (χ3n) is 4.38. The molecule has 1 saturated carbocycles. The highest BCUT2D eigenvalue weighted by molar-refractivity contribution is 8.00. The summed E-state index contributed by atoms with van der Waals surface area (Å²) in [6.07, 6.45) is 4.31. The first kappa shape index (κ1) is 18.8. The Bertz CT molecular complexity index is 740. The number of nitrogens with one attached hydrogen (secondary N) is 1. The van der Waals surface area contributed by atoms with Crippen LogP contribution < -0.4 is 10.1 Å². The number of thioether (sulfide) groups is 1. The van der Waals surface area contributed by atoms with E-state index in [9.17, 15) is 4.79 Å². The molecule has 1 fully saturated rings. The van der Waals surface area contributed by atoms with Gasteiger partial charge in [-0.3, -0.25) is 4.79 Å². The fourth-order valence-electron chi connectivity index (χ4n) is 2.61. The normalized spacial score (nSPS) is 14.9. The van der Waals surface area contributed by atoms with Gasteiger partial charge in [-0.2, -0.15) is 0 Å². The topological polar surface area (TPSA) is 69.0 Å². The second kappa shape index (κ2) is 8.58. The van der Waals surface area contributed by atoms with Crippen molar-refractivity contribution in [1.82, 2.24) is 20.1 Å². The molecule has 6 nitrogen and oxygen atoms in total. The first-order valence-electron chi connectivity index (χ1n) is 9.17. The summed E-state index contributed by atoms with van der Waals surface area (Å²) in [5.41, 5.74) is 0.997. The number of hydrogen-bond acceptors (Lipinski definition) is 5. The highest BCUT2D eigenvalue weighted by Crippen LogP contribution is 2.29. The predicted molar refractivity (Wildman–Crippen MR) is 103 cm³/mol. The molecule has 1 aliphatic rings. The van der Waals surface area contributed by atoms with Gasteiger partial charge in [-0.15, -0.1) is 10.2 Å². The van der Waals surface area contributed by atoms with Gasteiger partial charge in [0.25, 0.3) is 0 Å². The van der Waals surface area contributed by atoms with E-state index in [1.165, 1.54) is 11.8 Å². The molecule has 2 aromatic rings. The lowest BCUT2D eigenvalue weighted by molar-refractivity contribution is -0.120. The van der Waals surface area contributed by atoms with Crippen molar-refractivity contribution in [3.63, 3.8) is 0 Å². The van der Waals surface area contributed by atoms with Crippen LogP contribution in [-0.2, 0) is 11.3 Å². The average Bonchev–Trinajstić information content (AvgIpc) is 3.39. The van der Waals surface area contributed by atoms with Gasteiger partial charge >= 0.3 is 0 Å². The minimum atomic E-state index is -0.191. The molecule has 0 saturated heterocycles. The number of rotatable bonds is 9. The lowest BCUT2D eigenvalue weighted by Crippen LogP contribution is -2.32. The highest BCUT2D eigenvalue weighted by Gasteiger charge is 2.27. The molecule has 1 unspecified atom stereocenters. The van der Waals surface area contributed by atoms with E-state index >= 15 is 0 Å². The van der Waals surface area contributed by atoms with Crippen LogP contribution in [-0.4, -0.2) is 39.1 Å². The van der Waals surface area contributed by atoms with Crippen LogP contribution >= 0.6 is 11.8 Å². The van der Waals surface area contributed by atoms with Crippen LogP contribution in [0.3, 0.4) is 0 Å². The molecule has 1 N–H and O–H groups in total. The maximum Gasteiger partial charge on any atom is 0.233 e. The molecule has 0 bridgehead atoms. The number of carbonyl (C=O) groups is 1. The van der Waals surface area contributed by atoms with Gasteiger partial charge in [-0.1, -0.05) is 25.1 Å². The van der Waals surface area contributed by atoms with Crippen LogP contribution in [0.15, 0.2) is 29.4 Å². The minimum absolute atomic E-state index is 0.0774.